The van der Waals surface area contributed by atoms with Gasteiger partial charge < -0.3 is 14.2 Å². The van der Waals surface area contributed by atoms with Gasteiger partial charge in [-0.2, -0.15) is 0 Å². The highest BCUT2D eigenvalue weighted by Gasteiger charge is 2.42. The first-order chi connectivity index (χ1) is 17.7. The van der Waals surface area contributed by atoms with Crippen molar-refractivity contribution in [1.82, 2.24) is 0 Å². The molecule has 0 saturated carbocycles. The van der Waals surface area contributed by atoms with Crippen molar-refractivity contribution in [3.8, 4) is 0 Å². The van der Waals surface area contributed by atoms with Crippen LogP contribution in [0, 0.1) is 0 Å². The molecule has 0 amide bonds. The molecule has 2 aliphatic rings. The minimum absolute atomic E-state index is 0.0726. The van der Waals surface area contributed by atoms with Crippen molar-refractivity contribution in [2.45, 2.75) is 128 Å². The lowest BCUT2D eigenvalue weighted by molar-refractivity contribution is -0.0419. The Kier molecular flexibility index (Phi) is 9.53. The summed E-state index contributed by atoms with van der Waals surface area (Å²) in [6.07, 6.45) is 10.3. The lowest BCUT2D eigenvalue weighted by Crippen LogP contribution is -2.21. The Morgan fingerprint density at radius 2 is 1.00 bits per heavy atom. The highest BCUT2D eigenvalue weighted by Crippen LogP contribution is 2.41. The predicted octanol–water partition coefficient (Wildman–Crippen LogP) is 9.00. The topological polar surface area (TPSA) is 34.3 Å². The Balaban J connectivity index is 1.46. The van der Waals surface area contributed by atoms with Crippen LogP contribution < -0.4 is 0 Å². The molecule has 2 heterocycles. The molecular weight excluding hydrogens is 456 g/mol. The van der Waals surface area contributed by atoms with Gasteiger partial charge in [0.25, 0.3) is 0 Å². The molecule has 2 saturated heterocycles. The van der Waals surface area contributed by atoms with Gasteiger partial charge in [0.2, 0.25) is 0 Å². The molecule has 4 unspecified atom stereocenters. The van der Waals surface area contributed by atoms with Crippen LogP contribution in [0.4, 0.5) is 0 Å². The molecule has 4 rings (SSSR count). The van der Waals surface area contributed by atoms with Gasteiger partial charge in [0, 0.05) is 0 Å². The number of hydrogen-bond donors (Lipinski definition) is 0. The maximum absolute atomic E-state index is 6.83. The monoisotopic (exact) mass is 506 g/mol. The Morgan fingerprint density at radius 3 is 1.30 bits per heavy atom. The van der Waals surface area contributed by atoms with Gasteiger partial charge in [-0.1, -0.05) is 129 Å². The summed E-state index contributed by atoms with van der Waals surface area (Å²) in [6, 6.07) is 18.3. The molecule has 0 aliphatic carbocycles. The molecule has 0 aromatic heterocycles. The molecule has 0 bridgehead atoms. The van der Waals surface area contributed by atoms with Crippen molar-refractivity contribution in [3.05, 3.63) is 70.8 Å². The number of hydrogen-bond acceptors (Lipinski definition) is 3. The summed E-state index contributed by atoms with van der Waals surface area (Å²) in [5, 5.41) is 0. The third kappa shape index (κ3) is 7.68. The molecule has 204 valence electrons. The van der Waals surface area contributed by atoms with E-state index in [1.807, 2.05) is 0 Å². The van der Waals surface area contributed by atoms with Crippen molar-refractivity contribution in [1.29, 1.82) is 0 Å². The van der Waals surface area contributed by atoms with Crippen molar-refractivity contribution in [3.63, 3.8) is 0 Å². The van der Waals surface area contributed by atoms with Crippen LogP contribution in [-0.2, 0) is 25.0 Å². The molecule has 3 heteroatoms. The fraction of sp³-hybridized carbons (Fsp3) is 0.647. The minimum atomic E-state index is -0.0726. The summed E-state index contributed by atoms with van der Waals surface area (Å²) in [5.41, 5.74) is 5.60. The maximum atomic E-state index is 6.83. The van der Waals surface area contributed by atoms with Gasteiger partial charge in [0.05, 0.1) is 13.2 Å². The number of rotatable bonds is 16. The molecule has 2 aromatic carbocycles. The quantitative estimate of drug-likeness (QED) is 0.168. The Morgan fingerprint density at radius 1 is 0.649 bits per heavy atom. The van der Waals surface area contributed by atoms with E-state index in [0.717, 1.165) is 13.2 Å². The maximum Gasteiger partial charge on any atom is 0.112 e. The summed E-state index contributed by atoms with van der Waals surface area (Å²) in [5.74, 6) is 0. The predicted molar refractivity (Wildman–Crippen MR) is 153 cm³/mol. The van der Waals surface area contributed by atoms with E-state index in [0.29, 0.717) is 0 Å². The molecule has 0 radical (unpaired) electrons. The van der Waals surface area contributed by atoms with Crippen LogP contribution in [0.3, 0.4) is 0 Å². The van der Waals surface area contributed by atoms with Gasteiger partial charge in [-0.15, -0.1) is 0 Å². The Hall–Kier alpha value is -1.68. The first-order valence-electron chi connectivity index (χ1n) is 14.8. The van der Waals surface area contributed by atoms with Gasteiger partial charge in [-0.05, 0) is 45.9 Å². The van der Waals surface area contributed by atoms with Gasteiger partial charge in [0.15, 0.2) is 0 Å². The lowest BCUT2D eigenvalue weighted by Gasteiger charge is -2.28. The summed E-state index contributed by atoms with van der Waals surface area (Å²) < 4.78 is 18.4. The van der Waals surface area contributed by atoms with Gasteiger partial charge >= 0.3 is 0 Å². The third-order valence-corrected chi connectivity index (χ3v) is 8.54. The second-order valence-corrected chi connectivity index (χ2v) is 12.6. The van der Waals surface area contributed by atoms with Gasteiger partial charge in [0.1, 0.15) is 24.4 Å². The van der Waals surface area contributed by atoms with Crippen molar-refractivity contribution in [2.24, 2.45) is 0 Å². The highest BCUT2D eigenvalue weighted by atomic mass is 16.6. The molecule has 2 aromatic rings. The smallest absolute Gasteiger partial charge is 0.112 e. The van der Waals surface area contributed by atoms with E-state index in [-0.39, 0.29) is 35.2 Å². The first-order valence-corrected chi connectivity index (χ1v) is 14.8. The van der Waals surface area contributed by atoms with Crippen molar-refractivity contribution >= 4 is 0 Å². The van der Waals surface area contributed by atoms with E-state index in [4.69, 9.17) is 14.2 Å². The summed E-state index contributed by atoms with van der Waals surface area (Å²) in [6.45, 7) is 15.5. The minimum Gasteiger partial charge on any atom is -0.370 e. The van der Waals surface area contributed by atoms with Crippen LogP contribution in [0.1, 0.15) is 127 Å². The first kappa shape index (κ1) is 28.3. The van der Waals surface area contributed by atoms with Gasteiger partial charge in [-0.3, -0.25) is 0 Å². The highest BCUT2D eigenvalue weighted by molar-refractivity contribution is 5.32. The Labute approximate surface area is 226 Å². The van der Waals surface area contributed by atoms with E-state index in [2.05, 4.69) is 90.1 Å². The van der Waals surface area contributed by atoms with E-state index in [1.165, 1.54) is 73.6 Å². The molecule has 0 spiro atoms. The molecule has 4 atom stereocenters. The van der Waals surface area contributed by atoms with Crippen LogP contribution in [0.25, 0.3) is 0 Å². The normalized spacial score (nSPS) is 21.0. The average molecular weight is 507 g/mol. The molecule has 3 nitrogen and oxygen atoms in total. The van der Waals surface area contributed by atoms with E-state index in [1.54, 1.807) is 0 Å². The van der Waals surface area contributed by atoms with E-state index >= 15 is 0 Å². The number of ether oxygens (including phenoxy) is 3. The van der Waals surface area contributed by atoms with Crippen LogP contribution in [0.15, 0.2) is 48.5 Å². The second kappa shape index (κ2) is 12.5. The number of epoxide rings is 2. The third-order valence-electron chi connectivity index (χ3n) is 8.54. The molecule has 2 aliphatic heterocycles. The number of benzene rings is 2. The fourth-order valence-corrected chi connectivity index (χ4v) is 5.55. The van der Waals surface area contributed by atoms with Crippen LogP contribution in [0.5, 0.6) is 0 Å². The zero-order chi connectivity index (χ0) is 26.5. The fourth-order valence-electron chi connectivity index (χ4n) is 5.55. The van der Waals surface area contributed by atoms with Crippen LogP contribution in [-0.4, -0.2) is 25.4 Å². The van der Waals surface area contributed by atoms with Crippen molar-refractivity contribution in [2.75, 3.05) is 13.2 Å². The molecule has 0 N–H and O–H groups in total. The Bertz CT molecular complexity index is 872. The SMILES string of the molecule is CCCCCC(C)(C)c1ccc(C(OC(c2ccc(C(C)(C)CCCCC)cc2)C2CO2)C2CO2)cc1. The second-order valence-electron chi connectivity index (χ2n) is 12.6. The molecule has 2 fully saturated rings. The van der Waals surface area contributed by atoms with Crippen LogP contribution in [0.2, 0.25) is 0 Å². The van der Waals surface area contributed by atoms with Gasteiger partial charge in [-0.25, -0.2) is 0 Å². The summed E-state index contributed by atoms with van der Waals surface area (Å²) in [7, 11) is 0. The zero-order valence-electron chi connectivity index (χ0n) is 24.2. The largest absolute Gasteiger partial charge is 0.370 e. The standard InChI is InChI=1S/C34H50O3/c1-7-9-11-21-33(3,4)27-17-13-25(14-18-27)31(29-23-35-29)37-32(30-24-36-30)26-15-19-28(20-16-26)34(5,6)22-12-10-8-2/h13-20,29-32H,7-12,21-24H2,1-6H3. The molecule has 37 heavy (non-hydrogen) atoms. The summed E-state index contributed by atoms with van der Waals surface area (Å²) in [4.78, 5) is 0. The lowest BCUT2D eigenvalue weighted by atomic mass is 9.79. The molecular formula is C34H50O3. The average Bonchev–Trinajstić information content (AvgIpc) is 3.80. The number of unbranched alkanes of at least 4 members (excludes halogenated alkanes) is 4. The van der Waals surface area contributed by atoms with Crippen molar-refractivity contribution < 1.29 is 14.2 Å². The zero-order valence-corrected chi connectivity index (χ0v) is 24.2. The van der Waals surface area contributed by atoms with Crippen LogP contribution >= 0.6 is 0 Å². The van der Waals surface area contributed by atoms with E-state index < -0.39 is 0 Å². The summed E-state index contributed by atoms with van der Waals surface area (Å²) >= 11 is 0. The van der Waals surface area contributed by atoms with E-state index in [9.17, 15) is 0 Å².